The smallest absolute Gasteiger partial charge is 0.398 e. The van der Waals surface area contributed by atoms with E-state index in [4.69, 9.17) is 5.73 Å². The lowest BCUT2D eigenvalue weighted by molar-refractivity contribution is -0.136. The average Bonchev–Trinajstić information content (AvgIpc) is 2.25. The van der Waals surface area contributed by atoms with Crippen molar-refractivity contribution in [1.29, 1.82) is 0 Å². The van der Waals surface area contributed by atoms with E-state index in [9.17, 15) is 18.0 Å². The summed E-state index contributed by atoms with van der Waals surface area (Å²) in [6, 6.07) is 3.31. The summed E-state index contributed by atoms with van der Waals surface area (Å²) in [5, 5.41) is -0.0341. The number of rotatable bonds is 1. The number of aromatic amines is 1. The number of halogens is 3. The van der Waals surface area contributed by atoms with Gasteiger partial charge >= 0.3 is 6.18 Å². The van der Waals surface area contributed by atoms with E-state index in [-0.39, 0.29) is 10.9 Å². The number of H-pyrrole nitrogens is 1. The number of aryl methyl sites for hydroxylation is 1. The van der Waals surface area contributed by atoms with Gasteiger partial charge in [0.2, 0.25) is 5.56 Å². The first kappa shape index (κ1) is 12.5. The van der Waals surface area contributed by atoms with E-state index in [1.54, 1.807) is 6.92 Å². The van der Waals surface area contributed by atoms with Gasteiger partial charge in [-0.2, -0.15) is 13.2 Å². The molecule has 1 heterocycles. The van der Waals surface area contributed by atoms with Crippen molar-refractivity contribution < 1.29 is 13.2 Å². The third-order valence-corrected chi connectivity index (χ3v) is 2.79. The average molecular weight is 256 g/mol. The van der Waals surface area contributed by atoms with Gasteiger partial charge < -0.3 is 10.7 Å². The van der Waals surface area contributed by atoms with Gasteiger partial charge in [0.1, 0.15) is 0 Å². The Bertz CT molecular complexity index is 659. The molecule has 0 radical (unpaired) electrons. The van der Waals surface area contributed by atoms with E-state index in [1.807, 2.05) is 0 Å². The maximum Gasteiger partial charge on any atom is 0.417 e. The molecule has 1 aromatic carbocycles. The van der Waals surface area contributed by atoms with Crippen molar-refractivity contribution in [1.82, 2.24) is 4.98 Å². The second-order valence-corrected chi connectivity index (χ2v) is 4.00. The molecule has 1 aromatic heterocycles. The van der Waals surface area contributed by atoms with Gasteiger partial charge in [0, 0.05) is 17.1 Å². The first-order chi connectivity index (χ1) is 8.32. The molecule has 0 aliphatic carbocycles. The molecule has 0 saturated carbocycles. The summed E-state index contributed by atoms with van der Waals surface area (Å²) in [5.74, 6) is 0. The van der Waals surface area contributed by atoms with Gasteiger partial charge in [-0.25, -0.2) is 0 Å². The molecule has 0 aliphatic heterocycles. The van der Waals surface area contributed by atoms with Crippen LogP contribution in [0.3, 0.4) is 0 Å². The molecule has 0 saturated heterocycles. The number of nitrogens with two attached hydrogens (primary N) is 1. The number of hydrogen-bond donors (Lipinski definition) is 2. The van der Waals surface area contributed by atoms with Crippen LogP contribution in [0.5, 0.6) is 0 Å². The predicted octanol–water partition coefficient (Wildman–Crippen LogP) is 2.69. The molecule has 0 unspecified atom stereocenters. The molecule has 3 nitrogen and oxygen atoms in total. The standard InChI is InChI=1S/C12H11F3N2O/c1-2-6-3-7-8(12(13,14)15)4-11(18)17-10(7)5-9(6)16/h3-5H,2,16H2,1H3,(H,17,18). The van der Waals surface area contributed by atoms with Crippen molar-refractivity contribution in [2.45, 2.75) is 19.5 Å². The van der Waals surface area contributed by atoms with Crippen molar-refractivity contribution >= 4 is 16.6 Å². The molecule has 2 aromatic rings. The molecule has 0 fully saturated rings. The number of fused-ring (bicyclic) bond motifs is 1. The number of nitrogen functional groups attached to an aromatic ring is 1. The molecule has 6 heteroatoms. The van der Waals surface area contributed by atoms with Crippen LogP contribution in [0.1, 0.15) is 18.1 Å². The van der Waals surface area contributed by atoms with Gasteiger partial charge in [-0.05, 0) is 24.1 Å². The minimum absolute atomic E-state index is 0.0341. The van der Waals surface area contributed by atoms with Gasteiger partial charge in [0.05, 0.1) is 11.1 Å². The SMILES string of the molecule is CCc1cc2c(C(F)(F)F)cc(=O)[nH]c2cc1N. The highest BCUT2D eigenvalue weighted by molar-refractivity contribution is 5.86. The summed E-state index contributed by atoms with van der Waals surface area (Å²) in [6.45, 7) is 1.80. The van der Waals surface area contributed by atoms with Gasteiger partial charge in [0.25, 0.3) is 0 Å². The summed E-state index contributed by atoms with van der Waals surface area (Å²) in [6.07, 6.45) is -4.04. The van der Waals surface area contributed by atoms with Crippen molar-refractivity contribution in [3.05, 3.63) is 39.7 Å². The van der Waals surface area contributed by atoms with Crippen LogP contribution < -0.4 is 11.3 Å². The Morgan fingerprint density at radius 3 is 2.50 bits per heavy atom. The largest absolute Gasteiger partial charge is 0.417 e. The topological polar surface area (TPSA) is 58.9 Å². The zero-order valence-corrected chi connectivity index (χ0v) is 9.56. The highest BCUT2D eigenvalue weighted by Crippen LogP contribution is 2.34. The first-order valence-electron chi connectivity index (χ1n) is 5.35. The summed E-state index contributed by atoms with van der Waals surface area (Å²) < 4.78 is 38.6. The third-order valence-electron chi connectivity index (χ3n) is 2.79. The fourth-order valence-electron chi connectivity index (χ4n) is 1.91. The third kappa shape index (κ3) is 2.05. The lowest BCUT2D eigenvalue weighted by Crippen LogP contribution is -2.14. The summed E-state index contributed by atoms with van der Waals surface area (Å²) in [5.41, 5.74) is 5.08. The quantitative estimate of drug-likeness (QED) is 0.771. The number of anilines is 1. The van der Waals surface area contributed by atoms with Crippen molar-refractivity contribution in [3.8, 4) is 0 Å². The fraction of sp³-hybridized carbons (Fsp3) is 0.250. The molecule has 0 atom stereocenters. The zero-order chi connectivity index (χ0) is 13.5. The molecule has 0 spiro atoms. The normalized spacial score (nSPS) is 12.0. The maximum absolute atomic E-state index is 12.9. The molecule has 0 bridgehead atoms. The Balaban J connectivity index is 2.90. The zero-order valence-electron chi connectivity index (χ0n) is 9.56. The molecule has 18 heavy (non-hydrogen) atoms. The summed E-state index contributed by atoms with van der Waals surface area (Å²) in [7, 11) is 0. The van der Waals surface area contributed by atoms with Crippen molar-refractivity contribution in [2.24, 2.45) is 0 Å². The minimum atomic E-state index is -4.56. The number of hydrogen-bond acceptors (Lipinski definition) is 2. The Kier molecular flexibility index (Phi) is 2.80. The highest BCUT2D eigenvalue weighted by Gasteiger charge is 2.33. The minimum Gasteiger partial charge on any atom is -0.398 e. The van der Waals surface area contributed by atoms with E-state index in [0.717, 1.165) is 0 Å². The first-order valence-corrected chi connectivity index (χ1v) is 5.35. The van der Waals surface area contributed by atoms with Crippen LogP contribution in [0, 0.1) is 0 Å². The molecule has 3 N–H and O–H groups in total. The monoisotopic (exact) mass is 256 g/mol. The molecular weight excluding hydrogens is 245 g/mol. The van der Waals surface area contributed by atoms with Crippen LogP contribution in [-0.4, -0.2) is 4.98 Å². The maximum atomic E-state index is 12.9. The number of pyridine rings is 1. The Labute approximate surface area is 100 Å². The van der Waals surface area contributed by atoms with E-state index in [1.165, 1.54) is 12.1 Å². The Morgan fingerprint density at radius 1 is 1.28 bits per heavy atom. The van der Waals surface area contributed by atoms with Crippen molar-refractivity contribution in [2.75, 3.05) is 5.73 Å². The van der Waals surface area contributed by atoms with Gasteiger partial charge in [0.15, 0.2) is 0 Å². The number of benzene rings is 1. The second kappa shape index (κ2) is 4.04. The van der Waals surface area contributed by atoms with Crippen LogP contribution in [0.2, 0.25) is 0 Å². The highest BCUT2D eigenvalue weighted by atomic mass is 19.4. The van der Waals surface area contributed by atoms with Gasteiger partial charge in [-0.15, -0.1) is 0 Å². The lowest BCUT2D eigenvalue weighted by atomic mass is 10.0. The van der Waals surface area contributed by atoms with Crippen LogP contribution in [0.25, 0.3) is 10.9 Å². The lowest BCUT2D eigenvalue weighted by Gasteiger charge is -2.12. The van der Waals surface area contributed by atoms with Crippen LogP contribution in [-0.2, 0) is 12.6 Å². The number of alkyl halides is 3. The molecule has 96 valence electrons. The molecule has 0 aliphatic rings. The van der Waals surface area contributed by atoms with Crippen LogP contribution in [0.15, 0.2) is 23.0 Å². The molecule has 0 amide bonds. The number of aromatic nitrogens is 1. The predicted molar refractivity (Wildman–Crippen MR) is 63.4 cm³/mol. The van der Waals surface area contributed by atoms with E-state index in [0.29, 0.717) is 23.7 Å². The van der Waals surface area contributed by atoms with Crippen LogP contribution >= 0.6 is 0 Å². The van der Waals surface area contributed by atoms with E-state index < -0.39 is 17.3 Å². The molecule has 2 rings (SSSR count). The Hall–Kier alpha value is -1.98. The second-order valence-electron chi connectivity index (χ2n) is 4.00. The van der Waals surface area contributed by atoms with Crippen LogP contribution in [0.4, 0.5) is 18.9 Å². The summed E-state index contributed by atoms with van der Waals surface area (Å²) >= 11 is 0. The van der Waals surface area contributed by atoms with E-state index in [2.05, 4.69) is 4.98 Å². The number of nitrogens with one attached hydrogen (secondary N) is 1. The van der Waals surface area contributed by atoms with E-state index >= 15 is 0 Å². The molecular formula is C12H11F3N2O. The van der Waals surface area contributed by atoms with Crippen molar-refractivity contribution in [3.63, 3.8) is 0 Å². The van der Waals surface area contributed by atoms with Gasteiger partial charge in [-0.3, -0.25) is 4.79 Å². The van der Waals surface area contributed by atoms with Gasteiger partial charge in [-0.1, -0.05) is 6.92 Å². The fourth-order valence-corrected chi connectivity index (χ4v) is 1.91. The Morgan fingerprint density at radius 2 is 1.94 bits per heavy atom. The summed E-state index contributed by atoms with van der Waals surface area (Å²) in [4.78, 5) is 13.6.